The number of primary amides is 1. The van der Waals surface area contributed by atoms with Gasteiger partial charge in [0.1, 0.15) is 5.82 Å². The van der Waals surface area contributed by atoms with Crippen molar-refractivity contribution in [3.8, 4) is 0 Å². The third-order valence-electron chi connectivity index (χ3n) is 4.74. The van der Waals surface area contributed by atoms with Gasteiger partial charge < -0.3 is 21.1 Å². The molecule has 1 amide bonds. The summed E-state index contributed by atoms with van der Waals surface area (Å²) in [6.07, 6.45) is 6.82. The number of carbonyl (C=O) groups is 1. The third-order valence-corrected chi connectivity index (χ3v) is 4.74. The summed E-state index contributed by atoms with van der Waals surface area (Å²) in [4.78, 5) is 20.4. The molecule has 1 saturated carbocycles. The standard InChI is InChI=1S/C17H29N5O2/c1-5-17(2,3)22-15-13(14(18)23)10-19-16(21-15)20-11-6-8-12(24-4)9-7-11/h10-12H,5-9H2,1-4H3,(H2,18,23)(H2,19,20,21,22). The third kappa shape index (κ3) is 4.80. The van der Waals surface area contributed by atoms with Crippen molar-refractivity contribution in [1.29, 1.82) is 0 Å². The van der Waals surface area contributed by atoms with E-state index in [1.807, 2.05) is 0 Å². The molecule has 2 rings (SSSR count). The minimum Gasteiger partial charge on any atom is -0.381 e. The Hall–Kier alpha value is -1.89. The lowest BCUT2D eigenvalue weighted by Gasteiger charge is -2.29. The summed E-state index contributed by atoms with van der Waals surface area (Å²) in [5, 5.41) is 6.67. The van der Waals surface area contributed by atoms with Crippen molar-refractivity contribution in [3.05, 3.63) is 11.8 Å². The maximum Gasteiger partial charge on any atom is 0.254 e. The summed E-state index contributed by atoms with van der Waals surface area (Å²) in [5.74, 6) is 0.476. The number of nitrogens with two attached hydrogens (primary N) is 1. The number of anilines is 2. The molecule has 1 aromatic rings. The minimum absolute atomic E-state index is 0.188. The molecule has 1 fully saturated rings. The van der Waals surface area contributed by atoms with E-state index in [0.29, 0.717) is 29.5 Å². The Kier molecular flexibility index (Phi) is 5.99. The van der Waals surface area contributed by atoms with Crippen molar-refractivity contribution in [1.82, 2.24) is 9.97 Å². The van der Waals surface area contributed by atoms with Crippen molar-refractivity contribution < 1.29 is 9.53 Å². The molecule has 4 N–H and O–H groups in total. The molecule has 0 atom stereocenters. The molecule has 0 aliphatic heterocycles. The predicted octanol–water partition coefficient (Wildman–Crippen LogP) is 2.55. The second kappa shape index (κ2) is 7.79. The first-order chi connectivity index (χ1) is 11.3. The summed E-state index contributed by atoms with van der Waals surface area (Å²) in [7, 11) is 1.76. The van der Waals surface area contributed by atoms with E-state index >= 15 is 0 Å². The number of nitrogens with zero attached hydrogens (tertiary/aromatic N) is 2. The molecule has 1 heterocycles. The SMILES string of the molecule is CCC(C)(C)Nc1nc(NC2CCC(OC)CC2)ncc1C(N)=O. The molecule has 134 valence electrons. The van der Waals surface area contributed by atoms with Crippen LogP contribution in [0.4, 0.5) is 11.8 Å². The van der Waals surface area contributed by atoms with E-state index in [1.54, 1.807) is 7.11 Å². The average molecular weight is 335 g/mol. The Bertz CT molecular complexity index is 568. The molecule has 0 aromatic carbocycles. The summed E-state index contributed by atoms with van der Waals surface area (Å²) < 4.78 is 5.40. The lowest BCUT2D eigenvalue weighted by molar-refractivity contribution is 0.0681. The van der Waals surface area contributed by atoms with E-state index in [4.69, 9.17) is 10.5 Å². The maximum atomic E-state index is 11.6. The van der Waals surface area contributed by atoms with E-state index in [2.05, 4.69) is 41.4 Å². The fraction of sp³-hybridized carbons (Fsp3) is 0.706. The number of hydrogen-bond donors (Lipinski definition) is 3. The number of nitrogens with one attached hydrogen (secondary N) is 2. The first kappa shape index (κ1) is 18.4. The minimum atomic E-state index is -0.531. The Morgan fingerprint density at radius 1 is 1.38 bits per heavy atom. The fourth-order valence-corrected chi connectivity index (χ4v) is 2.76. The molecular weight excluding hydrogens is 306 g/mol. The summed E-state index contributed by atoms with van der Waals surface area (Å²) in [6, 6.07) is 0.322. The van der Waals surface area contributed by atoms with Crippen molar-refractivity contribution in [3.63, 3.8) is 0 Å². The van der Waals surface area contributed by atoms with Gasteiger partial charge in [0.05, 0.1) is 11.7 Å². The second-order valence-electron chi connectivity index (χ2n) is 7.04. The van der Waals surface area contributed by atoms with Crippen LogP contribution in [-0.2, 0) is 4.74 Å². The summed E-state index contributed by atoms with van der Waals surface area (Å²) in [6.45, 7) is 6.18. The molecule has 0 bridgehead atoms. The highest BCUT2D eigenvalue weighted by molar-refractivity contribution is 5.97. The first-order valence-electron chi connectivity index (χ1n) is 8.59. The van der Waals surface area contributed by atoms with Crippen molar-refractivity contribution in [2.24, 2.45) is 5.73 Å². The normalized spacial score (nSPS) is 21.3. The van der Waals surface area contributed by atoms with Crippen LogP contribution in [0.3, 0.4) is 0 Å². The van der Waals surface area contributed by atoms with Crippen LogP contribution in [0.1, 0.15) is 63.2 Å². The summed E-state index contributed by atoms with van der Waals surface area (Å²) in [5.41, 5.74) is 5.57. The van der Waals surface area contributed by atoms with E-state index in [9.17, 15) is 4.79 Å². The fourth-order valence-electron chi connectivity index (χ4n) is 2.76. The molecule has 0 spiro atoms. The first-order valence-corrected chi connectivity index (χ1v) is 8.59. The topological polar surface area (TPSA) is 102 Å². The van der Waals surface area contributed by atoms with Crippen LogP contribution in [-0.4, -0.2) is 40.7 Å². The van der Waals surface area contributed by atoms with Crippen LogP contribution in [0.2, 0.25) is 0 Å². The van der Waals surface area contributed by atoms with Gasteiger partial charge in [0.15, 0.2) is 0 Å². The smallest absolute Gasteiger partial charge is 0.254 e. The van der Waals surface area contributed by atoms with Gasteiger partial charge in [0, 0.05) is 24.9 Å². The van der Waals surface area contributed by atoms with E-state index in [1.165, 1.54) is 6.20 Å². The van der Waals surface area contributed by atoms with Gasteiger partial charge >= 0.3 is 0 Å². The van der Waals surface area contributed by atoms with Gasteiger partial charge in [-0.25, -0.2) is 4.98 Å². The van der Waals surface area contributed by atoms with Crippen LogP contribution < -0.4 is 16.4 Å². The van der Waals surface area contributed by atoms with E-state index in [-0.39, 0.29) is 5.54 Å². The van der Waals surface area contributed by atoms with Gasteiger partial charge in [-0.1, -0.05) is 6.92 Å². The maximum absolute atomic E-state index is 11.6. The number of rotatable bonds is 7. The van der Waals surface area contributed by atoms with Gasteiger partial charge in [-0.15, -0.1) is 0 Å². The highest BCUT2D eigenvalue weighted by atomic mass is 16.5. The van der Waals surface area contributed by atoms with Gasteiger partial charge in [0.25, 0.3) is 5.91 Å². The lowest BCUT2D eigenvalue weighted by atomic mass is 9.93. The van der Waals surface area contributed by atoms with Crippen LogP contribution in [0.5, 0.6) is 0 Å². The zero-order valence-electron chi connectivity index (χ0n) is 15.1. The number of methoxy groups -OCH3 is 1. The van der Waals surface area contributed by atoms with Gasteiger partial charge in [-0.2, -0.15) is 4.98 Å². The average Bonchev–Trinajstić information content (AvgIpc) is 2.55. The highest BCUT2D eigenvalue weighted by Crippen LogP contribution is 2.24. The van der Waals surface area contributed by atoms with Crippen molar-refractivity contribution >= 4 is 17.7 Å². The number of ether oxygens (including phenoxy) is 1. The number of amides is 1. The molecule has 24 heavy (non-hydrogen) atoms. The van der Waals surface area contributed by atoms with Gasteiger partial charge in [-0.05, 0) is 46.0 Å². The van der Waals surface area contributed by atoms with Crippen LogP contribution in [0, 0.1) is 0 Å². The van der Waals surface area contributed by atoms with Crippen LogP contribution in [0.15, 0.2) is 6.20 Å². The van der Waals surface area contributed by atoms with Crippen molar-refractivity contribution in [2.75, 3.05) is 17.7 Å². The quantitative estimate of drug-likeness (QED) is 0.708. The monoisotopic (exact) mass is 335 g/mol. The number of aromatic nitrogens is 2. The molecule has 0 radical (unpaired) electrons. The summed E-state index contributed by atoms with van der Waals surface area (Å²) >= 11 is 0. The molecule has 7 nitrogen and oxygen atoms in total. The van der Waals surface area contributed by atoms with E-state index in [0.717, 1.165) is 32.1 Å². The Morgan fingerprint density at radius 3 is 2.58 bits per heavy atom. The second-order valence-corrected chi connectivity index (χ2v) is 7.04. The lowest BCUT2D eigenvalue weighted by Crippen LogP contribution is -2.33. The molecular formula is C17H29N5O2. The zero-order chi connectivity index (χ0) is 17.7. The van der Waals surface area contributed by atoms with Gasteiger partial charge in [-0.3, -0.25) is 4.79 Å². The number of carbonyl (C=O) groups excluding carboxylic acids is 1. The molecule has 0 saturated heterocycles. The largest absolute Gasteiger partial charge is 0.381 e. The molecule has 7 heteroatoms. The Morgan fingerprint density at radius 2 is 2.04 bits per heavy atom. The Labute approximate surface area is 143 Å². The molecule has 1 aliphatic carbocycles. The molecule has 1 aliphatic rings. The zero-order valence-corrected chi connectivity index (χ0v) is 15.1. The van der Waals surface area contributed by atoms with Gasteiger partial charge in [0.2, 0.25) is 5.95 Å². The number of hydrogen-bond acceptors (Lipinski definition) is 6. The van der Waals surface area contributed by atoms with E-state index < -0.39 is 5.91 Å². The van der Waals surface area contributed by atoms with Crippen LogP contribution >= 0.6 is 0 Å². The molecule has 0 unspecified atom stereocenters. The predicted molar refractivity (Wildman–Crippen MR) is 95.2 cm³/mol. The highest BCUT2D eigenvalue weighted by Gasteiger charge is 2.23. The molecule has 1 aromatic heterocycles. The van der Waals surface area contributed by atoms with Crippen molar-refractivity contribution in [2.45, 2.75) is 70.6 Å². The Balaban J connectivity index is 2.12. The van der Waals surface area contributed by atoms with Crippen LogP contribution in [0.25, 0.3) is 0 Å².